The van der Waals surface area contributed by atoms with E-state index in [4.69, 9.17) is 0 Å². The van der Waals surface area contributed by atoms with Crippen molar-refractivity contribution < 1.29 is 9.90 Å². The van der Waals surface area contributed by atoms with E-state index in [-0.39, 0.29) is 5.56 Å². The summed E-state index contributed by atoms with van der Waals surface area (Å²) in [4.78, 5) is 17.9. The lowest BCUT2D eigenvalue weighted by atomic mass is 10.2. The zero-order valence-electron chi connectivity index (χ0n) is 11.6. The predicted molar refractivity (Wildman–Crippen MR) is 77.0 cm³/mol. The highest BCUT2D eigenvalue weighted by molar-refractivity contribution is 6.00. The largest absolute Gasteiger partial charge is 0.478 e. The number of carboxylic acids is 1. The number of carbonyl (C=O) groups is 1. The first-order valence-electron chi connectivity index (χ1n) is 7.12. The monoisotopic (exact) mass is 273 g/mol. The van der Waals surface area contributed by atoms with Gasteiger partial charge in [0.25, 0.3) is 0 Å². The maximum Gasteiger partial charge on any atom is 0.337 e. The number of para-hydroxylation sites is 1. The van der Waals surface area contributed by atoms with Crippen molar-refractivity contribution >= 4 is 17.0 Å². The number of likely N-dealkylation sites (N-methyl/N-ethyl adjacent to an activating group) is 1. The summed E-state index contributed by atoms with van der Waals surface area (Å²) in [6.07, 6.45) is 4.36. The molecule has 1 saturated carbocycles. The van der Waals surface area contributed by atoms with Gasteiger partial charge in [0.1, 0.15) is 5.52 Å². The molecule has 0 atom stereocenters. The fourth-order valence-electron chi connectivity index (χ4n) is 2.71. The number of imidazole rings is 1. The van der Waals surface area contributed by atoms with Crippen LogP contribution in [0.3, 0.4) is 0 Å². The highest BCUT2D eigenvalue weighted by atomic mass is 16.4. The lowest BCUT2D eigenvalue weighted by Crippen LogP contribution is -2.29. The summed E-state index contributed by atoms with van der Waals surface area (Å²) in [5.41, 5.74) is 1.75. The van der Waals surface area contributed by atoms with Crippen molar-refractivity contribution in [2.75, 3.05) is 13.1 Å². The highest BCUT2D eigenvalue weighted by Gasteiger charge is 2.27. The van der Waals surface area contributed by atoms with Crippen LogP contribution in [0.25, 0.3) is 11.0 Å². The molecule has 1 fully saturated rings. The van der Waals surface area contributed by atoms with Crippen molar-refractivity contribution in [3.8, 4) is 0 Å². The van der Waals surface area contributed by atoms with Gasteiger partial charge < -0.3 is 9.67 Å². The molecule has 2 aromatic rings. The van der Waals surface area contributed by atoms with Crippen molar-refractivity contribution in [2.45, 2.75) is 32.4 Å². The van der Waals surface area contributed by atoms with Crippen LogP contribution in [0, 0.1) is 0 Å². The van der Waals surface area contributed by atoms with Crippen LogP contribution >= 0.6 is 0 Å². The smallest absolute Gasteiger partial charge is 0.337 e. The molecule has 1 heterocycles. The van der Waals surface area contributed by atoms with Crippen molar-refractivity contribution in [2.24, 2.45) is 0 Å². The van der Waals surface area contributed by atoms with Gasteiger partial charge in [0, 0.05) is 19.1 Å². The minimum Gasteiger partial charge on any atom is -0.478 e. The SMILES string of the molecule is CCN(CCn1cnc2c(C(=O)O)cccc21)C1CC1. The molecule has 0 aliphatic heterocycles. The molecule has 0 unspecified atom stereocenters. The summed E-state index contributed by atoms with van der Waals surface area (Å²) in [5, 5.41) is 9.17. The number of carboxylic acid groups (broad SMARTS) is 1. The number of hydrogen-bond acceptors (Lipinski definition) is 3. The Kier molecular flexibility index (Phi) is 3.44. The minimum absolute atomic E-state index is 0.274. The Labute approximate surface area is 117 Å². The third-order valence-electron chi connectivity index (χ3n) is 3.98. The van der Waals surface area contributed by atoms with Crippen LogP contribution in [0.4, 0.5) is 0 Å². The summed E-state index contributed by atoms with van der Waals surface area (Å²) in [7, 11) is 0. The molecule has 0 amide bonds. The number of fused-ring (bicyclic) bond motifs is 1. The van der Waals surface area contributed by atoms with Crippen LogP contribution in [0.2, 0.25) is 0 Å². The van der Waals surface area contributed by atoms with Gasteiger partial charge in [-0.05, 0) is 31.5 Å². The van der Waals surface area contributed by atoms with Crippen LogP contribution in [0.1, 0.15) is 30.1 Å². The number of hydrogen-bond donors (Lipinski definition) is 1. The summed E-state index contributed by atoms with van der Waals surface area (Å²) in [5.74, 6) is -0.922. The maximum absolute atomic E-state index is 11.2. The van der Waals surface area contributed by atoms with Crippen LogP contribution in [0.15, 0.2) is 24.5 Å². The van der Waals surface area contributed by atoms with Crippen molar-refractivity contribution in [3.63, 3.8) is 0 Å². The lowest BCUT2D eigenvalue weighted by molar-refractivity contribution is 0.0699. The quantitative estimate of drug-likeness (QED) is 0.876. The van der Waals surface area contributed by atoms with Gasteiger partial charge in [-0.15, -0.1) is 0 Å². The molecule has 5 heteroatoms. The van der Waals surface area contributed by atoms with Gasteiger partial charge in [0.05, 0.1) is 17.4 Å². The Hall–Kier alpha value is -1.88. The standard InChI is InChI=1S/C15H19N3O2/c1-2-17(11-6-7-11)8-9-18-10-16-14-12(15(19)20)4-3-5-13(14)18/h3-5,10-11H,2,6-9H2,1H3,(H,19,20). The van der Waals surface area contributed by atoms with Gasteiger partial charge in [-0.25, -0.2) is 9.78 Å². The van der Waals surface area contributed by atoms with Crippen molar-refractivity contribution in [1.82, 2.24) is 14.5 Å². The molecule has 5 nitrogen and oxygen atoms in total. The van der Waals surface area contributed by atoms with Crippen LogP contribution < -0.4 is 0 Å². The van der Waals surface area contributed by atoms with E-state index in [9.17, 15) is 9.90 Å². The second-order valence-corrected chi connectivity index (χ2v) is 5.28. The van der Waals surface area contributed by atoms with Gasteiger partial charge in [-0.2, -0.15) is 0 Å². The Balaban J connectivity index is 1.81. The topological polar surface area (TPSA) is 58.4 Å². The Morgan fingerprint density at radius 3 is 2.95 bits per heavy atom. The van der Waals surface area contributed by atoms with E-state index in [1.165, 1.54) is 12.8 Å². The third kappa shape index (κ3) is 2.41. The summed E-state index contributed by atoms with van der Waals surface area (Å²) < 4.78 is 2.05. The zero-order chi connectivity index (χ0) is 14.1. The average molecular weight is 273 g/mol. The number of aromatic carboxylic acids is 1. The normalized spacial score (nSPS) is 15.1. The fourth-order valence-corrected chi connectivity index (χ4v) is 2.71. The van der Waals surface area contributed by atoms with Crippen molar-refractivity contribution in [3.05, 3.63) is 30.1 Å². The summed E-state index contributed by atoms with van der Waals surface area (Å²) in [6.45, 7) is 5.10. The van der Waals surface area contributed by atoms with Crippen LogP contribution in [-0.2, 0) is 6.54 Å². The third-order valence-corrected chi connectivity index (χ3v) is 3.98. The molecule has 20 heavy (non-hydrogen) atoms. The van der Waals surface area contributed by atoms with E-state index in [0.717, 1.165) is 31.2 Å². The van der Waals surface area contributed by atoms with Gasteiger partial charge in [0.2, 0.25) is 0 Å². The molecule has 1 N–H and O–H groups in total. The first kappa shape index (κ1) is 13.1. The maximum atomic E-state index is 11.2. The first-order valence-corrected chi connectivity index (χ1v) is 7.12. The molecule has 0 bridgehead atoms. The Bertz CT molecular complexity index is 631. The number of nitrogens with zero attached hydrogens (tertiary/aromatic N) is 3. The van der Waals surface area contributed by atoms with Gasteiger partial charge in [0.15, 0.2) is 0 Å². The molecule has 0 radical (unpaired) electrons. The highest BCUT2D eigenvalue weighted by Crippen LogP contribution is 2.26. The Morgan fingerprint density at radius 1 is 1.50 bits per heavy atom. The molecule has 1 aromatic heterocycles. The predicted octanol–water partition coefficient (Wildman–Crippen LogP) is 2.22. The molecule has 106 valence electrons. The van der Waals surface area contributed by atoms with Gasteiger partial charge in [-0.3, -0.25) is 4.90 Å². The molecule has 1 aliphatic carbocycles. The van der Waals surface area contributed by atoms with Crippen molar-refractivity contribution in [1.29, 1.82) is 0 Å². The number of aromatic nitrogens is 2. The Morgan fingerprint density at radius 2 is 2.30 bits per heavy atom. The van der Waals surface area contributed by atoms with E-state index in [1.54, 1.807) is 18.5 Å². The van der Waals surface area contributed by atoms with Gasteiger partial charge in [-0.1, -0.05) is 13.0 Å². The number of benzene rings is 1. The average Bonchev–Trinajstić information content (AvgIpc) is 3.20. The van der Waals surface area contributed by atoms with E-state index in [2.05, 4.69) is 16.8 Å². The minimum atomic E-state index is -0.922. The zero-order valence-corrected chi connectivity index (χ0v) is 11.6. The van der Waals surface area contributed by atoms with E-state index >= 15 is 0 Å². The number of rotatable bonds is 6. The van der Waals surface area contributed by atoms with E-state index < -0.39 is 5.97 Å². The molecule has 1 aromatic carbocycles. The van der Waals surface area contributed by atoms with E-state index in [1.807, 2.05) is 10.6 Å². The molecule has 3 rings (SSSR count). The molecular formula is C15H19N3O2. The molecule has 0 saturated heterocycles. The second kappa shape index (κ2) is 5.25. The van der Waals surface area contributed by atoms with Crippen LogP contribution in [0.5, 0.6) is 0 Å². The fraction of sp³-hybridized carbons (Fsp3) is 0.467. The van der Waals surface area contributed by atoms with Crippen LogP contribution in [-0.4, -0.2) is 44.7 Å². The summed E-state index contributed by atoms with van der Waals surface area (Å²) in [6, 6.07) is 6.07. The van der Waals surface area contributed by atoms with Gasteiger partial charge >= 0.3 is 5.97 Å². The molecule has 1 aliphatic rings. The second-order valence-electron chi connectivity index (χ2n) is 5.28. The molecular weight excluding hydrogens is 254 g/mol. The lowest BCUT2D eigenvalue weighted by Gasteiger charge is -2.19. The molecule has 0 spiro atoms. The first-order chi connectivity index (χ1) is 9.70. The summed E-state index contributed by atoms with van der Waals surface area (Å²) >= 11 is 0. The van der Waals surface area contributed by atoms with E-state index in [0.29, 0.717) is 5.52 Å².